The van der Waals surface area contributed by atoms with Crippen LogP contribution in [0.15, 0.2) is 42.7 Å². The van der Waals surface area contributed by atoms with E-state index in [1.807, 2.05) is 30.3 Å². The number of primary amides is 1. The van der Waals surface area contributed by atoms with E-state index in [0.29, 0.717) is 5.56 Å². The van der Waals surface area contributed by atoms with Crippen molar-refractivity contribution in [2.24, 2.45) is 5.73 Å². The third-order valence-corrected chi connectivity index (χ3v) is 2.71. The Bertz CT molecular complexity index is 607. The fourth-order valence-electron chi connectivity index (χ4n) is 1.64. The molecule has 2 aromatic rings. The van der Waals surface area contributed by atoms with Gasteiger partial charge in [0.05, 0.1) is 18.3 Å². The number of carbonyl (C=O) groups is 2. The number of hydrogen-bond acceptors (Lipinski definition) is 4. The molecule has 0 spiro atoms. The van der Waals surface area contributed by atoms with Crippen molar-refractivity contribution in [3.05, 3.63) is 48.3 Å². The molecule has 104 valence electrons. The second-order valence-corrected chi connectivity index (χ2v) is 4.34. The van der Waals surface area contributed by atoms with Crippen LogP contribution in [0.2, 0.25) is 0 Å². The number of benzene rings is 1. The Labute approximate surface area is 116 Å². The molecule has 1 aromatic carbocycles. The zero-order chi connectivity index (χ0) is 14.5. The number of aromatic nitrogens is 2. The number of nitrogens with zero attached hydrogens (tertiary/aromatic N) is 2. The fourth-order valence-corrected chi connectivity index (χ4v) is 1.64. The molecule has 0 bridgehead atoms. The minimum absolute atomic E-state index is 0.0461. The number of nitrogens with two attached hydrogens (primary N) is 1. The van der Waals surface area contributed by atoms with Crippen LogP contribution in [0.1, 0.15) is 12.5 Å². The Hall–Kier alpha value is -2.63. The Balaban J connectivity index is 2.00. The van der Waals surface area contributed by atoms with E-state index < -0.39 is 18.0 Å². The summed E-state index contributed by atoms with van der Waals surface area (Å²) in [6.45, 7) is 1.44. The minimum Gasteiger partial charge on any atom is -0.452 e. The molecule has 0 saturated carbocycles. The molecule has 20 heavy (non-hydrogen) atoms. The molecule has 0 fully saturated rings. The third kappa shape index (κ3) is 3.44. The van der Waals surface area contributed by atoms with Gasteiger partial charge in [-0.1, -0.05) is 18.2 Å². The first-order chi connectivity index (χ1) is 9.56. The lowest BCUT2D eigenvalue weighted by atomic mass is 10.2. The topological polar surface area (TPSA) is 87.2 Å². The standard InChI is InChI=1S/C14H15N3O3/c1-10(14(15)19)20-13(18)7-11-8-16-17(9-11)12-5-3-2-4-6-12/h2-6,8-10H,7H2,1H3,(H2,15,19). The predicted molar refractivity (Wildman–Crippen MR) is 72.0 cm³/mol. The summed E-state index contributed by atoms with van der Waals surface area (Å²) in [6.07, 6.45) is 2.45. The summed E-state index contributed by atoms with van der Waals surface area (Å²) in [5.41, 5.74) is 6.63. The number of para-hydroxylation sites is 1. The molecular weight excluding hydrogens is 258 g/mol. The van der Waals surface area contributed by atoms with Crippen LogP contribution in [0.3, 0.4) is 0 Å². The van der Waals surface area contributed by atoms with Crippen LogP contribution < -0.4 is 5.73 Å². The van der Waals surface area contributed by atoms with E-state index >= 15 is 0 Å². The maximum Gasteiger partial charge on any atom is 0.311 e. The van der Waals surface area contributed by atoms with Crippen LogP contribution in [-0.4, -0.2) is 27.8 Å². The molecule has 1 unspecified atom stereocenters. The zero-order valence-electron chi connectivity index (χ0n) is 11.0. The molecule has 1 aromatic heterocycles. The summed E-state index contributed by atoms with van der Waals surface area (Å²) < 4.78 is 6.55. The van der Waals surface area contributed by atoms with Gasteiger partial charge in [-0.3, -0.25) is 9.59 Å². The first-order valence-electron chi connectivity index (χ1n) is 6.14. The van der Waals surface area contributed by atoms with Crippen LogP contribution in [0, 0.1) is 0 Å². The molecule has 1 heterocycles. The van der Waals surface area contributed by atoms with Crippen molar-refractivity contribution in [3.8, 4) is 5.69 Å². The van der Waals surface area contributed by atoms with Crippen LogP contribution in [-0.2, 0) is 20.7 Å². The van der Waals surface area contributed by atoms with Crippen LogP contribution in [0.25, 0.3) is 5.69 Å². The first kappa shape index (κ1) is 13.8. The van der Waals surface area contributed by atoms with Gasteiger partial charge in [-0.15, -0.1) is 0 Å². The van der Waals surface area contributed by atoms with Gasteiger partial charge in [0, 0.05) is 11.8 Å². The molecule has 2 N–H and O–H groups in total. The number of carbonyl (C=O) groups excluding carboxylic acids is 2. The highest BCUT2D eigenvalue weighted by atomic mass is 16.5. The second-order valence-electron chi connectivity index (χ2n) is 4.34. The molecule has 6 heteroatoms. The van der Waals surface area contributed by atoms with Gasteiger partial charge in [0.2, 0.25) is 0 Å². The highest BCUT2D eigenvalue weighted by molar-refractivity contribution is 5.82. The van der Waals surface area contributed by atoms with Gasteiger partial charge in [0.1, 0.15) is 0 Å². The monoisotopic (exact) mass is 273 g/mol. The summed E-state index contributed by atoms with van der Waals surface area (Å²) in [7, 11) is 0. The third-order valence-electron chi connectivity index (χ3n) is 2.71. The molecule has 1 atom stereocenters. The van der Waals surface area contributed by atoms with Gasteiger partial charge in [0.15, 0.2) is 6.10 Å². The van der Waals surface area contributed by atoms with E-state index in [2.05, 4.69) is 5.10 Å². The van der Waals surface area contributed by atoms with E-state index in [0.717, 1.165) is 5.69 Å². The maximum atomic E-state index is 11.6. The number of amides is 1. The Kier molecular flexibility index (Phi) is 4.14. The molecule has 1 amide bonds. The number of rotatable bonds is 5. The zero-order valence-corrected chi connectivity index (χ0v) is 11.0. The summed E-state index contributed by atoms with van der Waals surface area (Å²) in [5.74, 6) is -1.18. The van der Waals surface area contributed by atoms with Crippen LogP contribution in [0.5, 0.6) is 0 Å². The smallest absolute Gasteiger partial charge is 0.311 e. The highest BCUT2D eigenvalue weighted by Gasteiger charge is 2.15. The molecule has 0 aliphatic rings. The van der Waals surface area contributed by atoms with Gasteiger partial charge in [-0.2, -0.15) is 5.10 Å². The lowest BCUT2D eigenvalue weighted by molar-refractivity contribution is -0.153. The SMILES string of the molecule is CC(OC(=O)Cc1cnn(-c2ccccc2)c1)C(N)=O. The molecular formula is C14H15N3O3. The lowest BCUT2D eigenvalue weighted by Crippen LogP contribution is -2.30. The quantitative estimate of drug-likeness (QED) is 0.817. The van der Waals surface area contributed by atoms with E-state index in [1.165, 1.54) is 6.92 Å². The highest BCUT2D eigenvalue weighted by Crippen LogP contribution is 2.08. The largest absolute Gasteiger partial charge is 0.452 e. The number of esters is 1. The van der Waals surface area contributed by atoms with Crippen molar-refractivity contribution in [2.45, 2.75) is 19.4 Å². The molecule has 0 radical (unpaired) electrons. The summed E-state index contributed by atoms with van der Waals surface area (Å²) in [5, 5.41) is 4.17. The second kappa shape index (κ2) is 6.01. The Morgan fingerprint density at radius 2 is 2.05 bits per heavy atom. The van der Waals surface area contributed by atoms with Crippen molar-refractivity contribution < 1.29 is 14.3 Å². The van der Waals surface area contributed by atoms with Crippen LogP contribution in [0.4, 0.5) is 0 Å². The van der Waals surface area contributed by atoms with Gasteiger partial charge in [-0.25, -0.2) is 4.68 Å². The molecule has 0 aliphatic carbocycles. The van der Waals surface area contributed by atoms with Gasteiger partial charge in [-0.05, 0) is 19.1 Å². The summed E-state index contributed by atoms with van der Waals surface area (Å²) >= 11 is 0. The van der Waals surface area contributed by atoms with Crippen molar-refractivity contribution in [1.82, 2.24) is 9.78 Å². The maximum absolute atomic E-state index is 11.6. The minimum atomic E-state index is -0.924. The average molecular weight is 273 g/mol. The van der Waals surface area contributed by atoms with E-state index in [9.17, 15) is 9.59 Å². The lowest BCUT2D eigenvalue weighted by Gasteiger charge is -2.08. The first-order valence-corrected chi connectivity index (χ1v) is 6.14. The Morgan fingerprint density at radius 3 is 2.70 bits per heavy atom. The number of hydrogen-bond donors (Lipinski definition) is 1. The molecule has 0 aliphatic heterocycles. The fraction of sp³-hybridized carbons (Fsp3) is 0.214. The van der Waals surface area contributed by atoms with Crippen molar-refractivity contribution in [3.63, 3.8) is 0 Å². The van der Waals surface area contributed by atoms with Crippen molar-refractivity contribution >= 4 is 11.9 Å². The predicted octanol–water partition coefficient (Wildman–Crippen LogP) is 0.832. The van der Waals surface area contributed by atoms with Crippen molar-refractivity contribution in [2.75, 3.05) is 0 Å². The average Bonchev–Trinajstić information content (AvgIpc) is 2.88. The summed E-state index contributed by atoms with van der Waals surface area (Å²) in [6, 6.07) is 9.53. The van der Waals surface area contributed by atoms with Crippen molar-refractivity contribution in [1.29, 1.82) is 0 Å². The number of ether oxygens (including phenoxy) is 1. The summed E-state index contributed by atoms with van der Waals surface area (Å²) in [4.78, 5) is 22.4. The molecule has 2 rings (SSSR count). The van der Waals surface area contributed by atoms with Gasteiger partial charge in [0.25, 0.3) is 5.91 Å². The normalized spacial score (nSPS) is 11.8. The van der Waals surface area contributed by atoms with E-state index in [4.69, 9.17) is 10.5 Å². The van der Waals surface area contributed by atoms with E-state index in [1.54, 1.807) is 17.1 Å². The van der Waals surface area contributed by atoms with Crippen LogP contribution >= 0.6 is 0 Å². The van der Waals surface area contributed by atoms with Gasteiger partial charge < -0.3 is 10.5 Å². The Morgan fingerprint density at radius 1 is 1.35 bits per heavy atom. The molecule has 0 saturated heterocycles. The van der Waals surface area contributed by atoms with Gasteiger partial charge >= 0.3 is 5.97 Å². The van der Waals surface area contributed by atoms with E-state index in [-0.39, 0.29) is 6.42 Å². The molecule has 6 nitrogen and oxygen atoms in total.